The lowest BCUT2D eigenvalue weighted by molar-refractivity contribution is 0.542. The maximum Gasteiger partial charge on any atom is 0.154 e. The van der Waals surface area contributed by atoms with Crippen molar-refractivity contribution in [2.24, 2.45) is 0 Å². The molecule has 0 aliphatic heterocycles. The number of nitrogens with one attached hydrogen (secondary N) is 1. The molecule has 0 spiro atoms. The van der Waals surface area contributed by atoms with E-state index in [4.69, 9.17) is 5.26 Å². The van der Waals surface area contributed by atoms with Crippen LogP contribution in [0.5, 0.6) is 0 Å². The van der Waals surface area contributed by atoms with E-state index in [1.54, 1.807) is 12.1 Å². The van der Waals surface area contributed by atoms with Crippen molar-refractivity contribution in [2.75, 3.05) is 4.72 Å². The van der Waals surface area contributed by atoms with Gasteiger partial charge in [-0.3, -0.25) is 8.93 Å². The number of anilines is 1. The third-order valence-electron chi connectivity index (χ3n) is 1.11. The van der Waals surface area contributed by atoms with E-state index in [0.29, 0.717) is 0 Å². The number of rotatable bonds is 2. The van der Waals surface area contributed by atoms with Crippen LogP contribution in [0.4, 0.5) is 5.82 Å². The maximum absolute atomic E-state index is 10.2. The standard InChI is InChI=1S/C6H5N3O2S/c7-4-5-2-1-3-8-6(5)9-12(10)11/h1-3H,(H,8,9)(H,10,11)/p-1. The first-order valence-electron chi connectivity index (χ1n) is 2.95. The second-order valence-electron chi connectivity index (χ2n) is 1.85. The molecule has 12 heavy (non-hydrogen) atoms. The van der Waals surface area contributed by atoms with Crippen LogP contribution in [0.1, 0.15) is 5.56 Å². The van der Waals surface area contributed by atoms with Gasteiger partial charge in [0.25, 0.3) is 0 Å². The molecule has 0 saturated carbocycles. The van der Waals surface area contributed by atoms with E-state index in [1.165, 1.54) is 12.3 Å². The van der Waals surface area contributed by atoms with Crippen LogP contribution in [-0.4, -0.2) is 13.7 Å². The van der Waals surface area contributed by atoms with Gasteiger partial charge in [-0.15, -0.1) is 0 Å². The van der Waals surface area contributed by atoms with Crippen LogP contribution >= 0.6 is 0 Å². The Labute approximate surface area is 71.5 Å². The Morgan fingerprint density at radius 1 is 1.75 bits per heavy atom. The highest BCUT2D eigenvalue weighted by atomic mass is 32.2. The zero-order valence-corrected chi connectivity index (χ0v) is 6.67. The second kappa shape index (κ2) is 3.80. The summed E-state index contributed by atoms with van der Waals surface area (Å²) in [6.07, 6.45) is 1.40. The van der Waals surface area contributed by atoms with Crippen LogP contribution in [0.25, 0.3) is 0 Å². The fraction of sp³-hybridized carbons (Fsp3) is 0. The van der Waals surface area contributed by atoms with E-state index in [-0.39, 0.29) is 11.4 Å². The molecule has 1 rings (SSSR count). The largest absolute Gasteiger partial charge is 0.755 e. The highest BCUT2D eigenvalue weighted by molar-refractivity contribution is 7.80. The highest BCUT2D eigenvalue weighted by Gasteiger charge is 1.99. The number of aromatic nitrogens is 1. The van der Waals surface area contributed by atoms with Gasteiger partial charge >= 0.3 is 0 Å². The van der Waals surface area contributed by atoms with Crippen molar-refractivity contribution in [3.8, 4) is 6.07 Å². The summed E-state index contributed by atoms with van der Waals surface area (Å²) in [7, 11) is 0. The van der Waals surface area contributed by atoms with Crippen LogP contribution in [0.3, 0.4) is 0 Å². The summed E-state index contributed by atoms with van der Waals surface area (Å²) in [5.74, 6) is 0.0494. The average Bonchev–Trinajstić information content (AvgIpc) is 2.04. The van der Waals surface area contributed by atoms with E-state index in [0.717, 1.165) is 0 Å². The lowest BCUT2D eigenvalue weighted by Gasteiger charge is -2.07. The molecule has 1 atom stereocenters. The van der Waals surface area contributed by atoms with E-state index in [9.17, 15) is 8.76 Å². The number of nitriles is 1. The molecule has 1 heterocycles. The minimum absolute atomic E-state index is 0.0494. The van der Waals surface area contributed by atoms with Gasteiger partial charge in [0, 0.05) is 17.5 Å². The van der Waals surface area contributed by atoms with Crippen molar-refractivity contribution >= 4 is 17.1 Å². The first kappa shape index (κ1) is 8.64. The molecule has 0 fully saturated rings. The topological polar surface area (TPSA) is 88.8 Å². The van der Waals surface area contributed by atoms with Crippen molar-refractivity contribution < 1.29 is 8.76 Å². The zero-order chi connectivity index (χ0) is 8.97. The zero-order valence-electron chi connectivity index (χ0n) is 5.85. The summed E-state index contributed by atoms with van der Waals surface area (Å²) in [6, 6.07) is 4.83. The summed E-state index contributed by atoms with van der Waals surface area (Å²) < 4.78 is 22.4. The molecule has 6 heteroatoms. The number of hydrogen-bond acceptors (Lipinski definition) is 4. The van der Waals surface area contributed by atoms with E-state index in [2.05, 4.69) is 4.98 Å². The van der Waals surface area contributed by atoms with Crippen LogP contribution < -0.4 is 4.72 Å². The fourth-order valence-corrected chi connectivity index (χ4v) is 0.976. The molecule has 1 unspecified atom stereocenters. The quantitative estimate of drug-likeness (QED) is 0.659. The average molecular weight is 182 g/mol. The summed E-state index contributed by atoms with van der Waals surface area (Å²) in [6.45, 7) is 0. The number of nitrogens with zero attached hydrogens (tertiary/aromatic N) is 2. The van der Waals surface area contributed by atoms with E-state index in [1.807, 2.05) is 4.72 Å². The Morgan fingerprint density at radius 2 is 2.50 bits per heavy atom. The van der Waals surface area contributed by atoms with Gasteiger partial charge in [0.2, 0.25) is 0 Å². The Balaban J connectivity index is 2.99. The van der Waals surface area contributed by atoms with Gasteiger partial charge in [-0.05, 0) is 12.1 Å². The van der Waals surface area contributed by atoms with Gasteiger partial charge in [0.1, 0.15) is 6.07 Å². The summed E-state index contributed by atoms with van der Waals surface area (Å²) in [5, 5.41) is 8.50. The van der Waals surface area contributed by atoms with Crippen molar-refractivity contribution in [3.63, 3.8) is 0 Å². The van der Waals surface area contributed by atoms with Gasteiger partial charge in [0.15, 0.2) is 5.82 Å². The highest BCUT2D eigenvalue weighted by Crippen LogP contribution is 2.09. The fourth-order valence-electron chi connectivity index (χ4n) is 0.656. The van der Waals surface area contributed by atoms with Gasteiger partial charge in [-0.25, -0.2) is 4.98 Å². The third kappa shape index (κ3) is 2.02. The van der Waals surface area contributed by atoms with Gasteiger partial charge in [-0.2, -0.15) is 5.26 Å². The Bertz CT molecular complexity index is 347. The normalized spacial score (nSPS) is 11.7. The molecule has 1 N–H and O–H groups in total. The van der Waals surface area contributed by atoms with Crippen molar-refractivity contribution in [1.82, 2.24) is 4.98 Å². The Hall–Kier alpha value is -1.45. The minimum atomic E-state index is -2.44. The Kier molecular flexibility index (Phi) is 2.74. The van der Waals surface area contributed by atoms with Crippen molar-refractivity contribution in [3.05, 3.63) is 23.9 Å². The predicted molar refractivity (Wildman–Crippen MR) is 41.5 cm³/mol. The molecule has 0 saturated heterocycles. The first-order valence-corrected chi connectivity index (χ1v) is 4.02. The molecule has 62 valence electrons. The lowest BCUT2D eigenvalue weighted by Crippen LogP contribution is -2.05. The molecule has 0 aliphatic rings. The molecule has 0 aromatic carbocycles. The first-order chi connectivity index (χ1) is 5.74. The second-order valence-corrected chi connectivity index (χ2v) is 2.52. The van der Waals surface area contributed by atoms with Crippen LogP contribution in [0.2, 0.25) is 0 Å². The molecule has 1 aromatic heterocycles. The number of hydrogen-bond donors (Lipinski definition) is 1. The minimum Gasteiger partial charge on any atom is -0.755 e. The number of pyridine rings is 1. The summed E-state index contributed by atoms with van der Waals surface area (Å²) >= 11 is -2.44. The summed E-state index contributed by atoms with van der Waals surface area (Å²) in [5.41, 5.74) is 0.196. The van der Waals surface area contributed by atoms with E-state index >= 15 is 0 Å². The molecular formula is C6H4N3O2S-. The molecule has 1 aromatic rings. The van der Waals surface area contributed by atoms with Crippen LogP contribution in [0, 0.1) is 11.3 Å². The molecule has 0 aliphatic carbocycles. The summed E-state index contributed by atoms with van der Waals surface area (Å²) in [4.78, 5) is 3.66. The SMILES string of the molecule is N#Cc1cccnc1NS(=O)[O-]. The molecule has 0 amide bonds. The predicted octanol–water partition coefficient (Wildman–Crippen LogP) is 0.159. The maximum atomic E-state index is 10.2. The van der Waals surface area contributed by atoms with Crippen molar-refractivity contribution in [2.45, 2.75) is 0 Å². The smallest absolute Gasteiger partial charge is 0.154 e. The molecule has 5 nitrogen and oxygen atoms in total. The van der Waals surface area contributed by atoms with Crippen molar-refractivity contribution in [1.29, 1.82) is 5.26 Å². The van der Waals surface area contributed by atoms with Crippen LogP contribution in [-0.2, 0) is 11.3 Å². The molecule has 0 bridgehead atoms. The third-order valence-corrected chi connectivity index (χ3v) is 1.47. The molecule has 0 radical (unpaired) electrons. The van der Waals surface area contributed by atoms with E-state index < -0.39 is 11.3 Å². The molecular weight excluding hydrogens is 178 g/mol. The Morgan fingerprint density at radius 3 is 3.08 bits per heavy atom. The van der Waals surface area contributed by atoms with Gasteiger partial charge in [0.05, 0.1) is 5.56 Å². The van der Waals surface area contributed by atoms with Gasteiger partial charge < -0.3 is 4.55 Å². The van der Waals surface area contributed by atoms with Crippen LogP contribution in [0.15, 0.2) is 18.3 Å². The lowest BCUT2D eigenvalue weighted by atomic mass is 10.3. The van der Waals surface area contributed by atoms with Gasteiger partial charge in [-0.1, -0.05) is 0 Å². The monoisotopic (exact) mass is 182 g/mol.